The van der Waals surface area contributed by atoms with Crippen molar-refractivity contribution in [3.05, 3.63) is 0 Å². The molecule has 8 heteroatoms. The zero-order valence-corrected chi connectivity index (χ0v) is 23.7. The minimum atomic E-state index is 0.332. The second kappa shape index (κ2) is 14.0. The van der Waals surface area contributed by atoms with E-state index in [2.05, 4.69) is 33.0 Å². The maximum atomic E-state index is 13.3. The van der Waals surface area contributed by atoms with Crippen molar-refractivity contribution in [1.29, 1.82) is 0 Å². The highest BCUT2D eigenvalue weighted by Gasteiger charge is 2.37. The number of amides is 1. The monoisotopic (exact) mass is 521 g/mol. The molecule has 5 rings (SSSR count). The van der Waals surface area contributed by atoms with Crippen LogP contribution in [0.25, 0.3) is 0 Å². The van der Waals surface area contributed by atoms with Crippen molar-refractivity contribution >= 4 is 5.91 Å². The van der Waals surface area contributed by atoms with Gasteiger partial charge in [-0.2, -0.15) is 5.48 Å². The number of hydroxylamine groups is 1. The Balaban J connectivity index is 1.03. The van der Waals surface area contributed by atoms with E-state index in [0.717, 1.165) is 57.9 Å². The van der Waals surface area contributed by atoms with Gasteiger partial charge in [0, 0.05) is 63.3 Å². The molecule has 5 aliphatic rings. The smallest absolute Gasteiger partial charge is 0.222 e. The number of quaternary nitrogens is 3. The summed E-state index contributed by atoms with van der Waals surface area (Å²) in [7, 11) is 2.36. The Morgan fingerprint density at radius 2 is 1.76 bits per heavy atom. The van der Waals surface area contributed by atoms with Gasteiger partial charge in [0.25, 0.3) is 0 Å². The predicted molar refractivity (Wildman–Crippen MR) is 145 cm³/mol. The summed E-state index contributed by atoms with van der Waals surface area (Å²) in [4.78, 5) is 25.8. The van der Waals surface area contributed by atoms with Crippen LogP contribution in [0.2, 0.25) is 0 Å². The Labute approximate surface area is 225 Å². The van der Waals surface area contributed by atoms with Gasteiger partial charge in [0.2, 0.25) is 5.91 Å². The maximum absolute atomic E-state index is 13.3. The van der Waals surface area contributed by atoms with Gasteiger partial charge in [-0.15, -0.1) is 0 Å². The zero-order valence-electron chi connectivity index (χ0n) is 23.7. The molecule has 4 aliphatic heterocycles. The van der Waals surface area contributed by atoms with E-state index >= 15 is 0 Å². The number of piperidine rings is 2. The number of nitrogens with one attached hydrogen (secondary N) is 2. The van der Waals surface area contributed by atoms with Crippen molar-refractivity contribution in [2.75, 3.05) is 66.0 Å². The van der Waals surface area contributed by atoms with Crippen molar-refractivity contribution in [2.24, 2.45) is 17.8 Å². The zero-order chi connectivity index (χ0) is 25.5. The van der Waals surface area contributed by atoms with Crippen LogP contribution >= 0.6 is 0 Å². The first-order chi connectivity index (χ1) is 18.1. The molecule has 1 aliphatic carbocycles. The third-order valence-corrected chi connectivity index (χ3v) is 10.3. The Morgan fingerprint density at radius 3 is 2.54 bits per heavy atom. The molecule has 0 aromatic carbocycles. The molecule has 5 fully saturated rings. The number of carbonyl (C=O) groups excluding carboxylic acids is 1. The fourth-order valence-electron chi connectivity index (χ4n) is 8.16. The predicted octanol–water partition coefficient (Wildman–Crippen LogP) is -1.06. The summed E-state index contributed by atoms with van der Waals surface area (Å²) >= 11 is 0. The van der Waals surface area contributed by atoms with Crippen LogP contribution in [0.15, 0.2) is 0 Å². The van der Waals surface area contributed by atoms with Crippen LogP contribution in [-0.2, 0) is 9.63 Å². The van der Waals surface area contributed by atoms with Gasteiger partial charge in [0.05, 0.1) is 33.2 Å². The normalized spacial score (nSPS) is 35.5. The van der Waals surface area contributed by atoms with Crippen LogP contribution in [0.4, 0.5) is 0 Å². The highest BCUT2D eigenvalue weighted by atomic mass is 16.7. The summed E-state index contributed by atoms with van der Waals surface area (Å²) in [6.45, 7) is 9.97. The van der Waals surface area contributed by atoms with Crippen LogP contribution in [0.1, 0.15) is 77.0 Å². The number of nitrogens with zero attached hydrogens (tertiary/aromatic N) is 2. The quantitative estimate of drug-likeness (QED) is 0.312. The minimum absolute atomic E-state index is 0.332. The first-order valence-electron chi connectivity index (χ1n) is 16.0. The maximum Gasteiger partial charge on any atom is 0.222 e. The number of likely N-dealkylation sites (N-methyl/N-ethyl adjacent to an activating group) is 1. The third kappa shape index (κ3) is 8.12. The summed E-state index contributed by atoms with van der Waals surface area (Å²) in [5, 5.41) is 4.99. The lowest BCUT2D eigenvalue weighted by Gasteiger charge is -2.40. The van der Waals surface area contributed by atoms with Crippen molar-refractivity contribution < 1.29 is 25.2 Å². The number of rotatable bonds is 9. The molecule has 6 atom stereocenters. The molecule has 8 nitrogen and oxygen atoms in total. The van der Waals surface area contributed by atoms with Gasteiger partial charge in [-0.05, 0) is 44.4 Å². The Bertz CT molecular complexity index is 690. The summed E-state index contributed by atoms with van der Waals surface area (Å²) in [6, 6.07) is 0.442. The van der Waals surface area contributed by atoms with Gasteiger partial charge >= 0.3 is 0 Å². The molecule has 4 saturated heterocycles. The average Bonchev–Trinajstić information content (AvgIpc) is 3.37. The highest BCUT2D eigenvalue weighted by molar-refractivity contribution is 5.76. The molecule has 6 unspecified atom stereocenters. The number of carbonyl (C=O) groups is 1. The lowest BCUT2D eigenvalue weighted by molar-refractivity contribution is -0.886. The number of piperazine rings is 1. The summed E-state index contributed by atoms with van der Waals surface area (Å²) < 4.78 is 0. The number of nitrogens with two attached hydrogens (primary N) is 2. The highest BCUT2D eigenvalue weighted by Crippen LogP contribution is 2.29. The molecule has 212 valence electrons. The number of hydrogen-bond donors (Lipinski definition) is 4. The summed E-state index contributed by atoms with van der Waals surface area (Å²) in [5.74, 6) is 2.47. The fourth-order valence-corrected chi connectivity index (χ4v) is 8.16. The SMILES string of the molecule is C[NH+](CC1CCCCC1)CC1CC(CC2C[NH2+]CCC2CC(=O)N2CCN(C3CCCC[NH2+]3)CC2)NO1. The lowest BCUT2D eigenvalue weighted by Crippen LogP contribution is -3.10. The first-order valence-corrected chi connectivity index (χ1v) is 16.0. The van der Waals surface area contributed by atoms with Crippen LogP contribution < -0.4 is 21.0 Å². The van der Waals surface area contributed by atoms with Gasteiger partial charge in [0.1, 0.15) is 18.8 Å². The number of hydrogen-bond acceptors (Lipinski definition) is 4. The van der Waals surface area contributed by atoms with Crippen molar-refractivity contribution in [1.82, 2.24) is 15.3 Å². The average molecular weight is 522 g/mol. The molecule has 1 saturated carbocycles. The standard InChI is InChI=1S/C29H54N6O2/c1-33(21-23-7-3-2-4-8-23)22-27-19-26(32-37-27)17-25-20-30-12-10-24(25)18-29(36)35-15-13-34(14-16-35)28-9-5-6-11-31-28/h23-28,30-32H,2-22H2,1H3/p+3. The van der Waals surface area contributed by atoms with Crippen molar-refractivity contribution in [3.63, 3.8) is 0 Å². The van der Waals surface area contributed by atoms with Gasteiger partial charge in [0.15, 0.2) is 0 Å². The minimum Gasteiger partial charge on any atom is -0.346 e. The molecule has 0 aromatic rings. The molecular weight excluding hydrogens is 464 g/mol. The molecular formula is C29H57N6O2+3. The third-order valence-electron chi connectivity index (χ3n) is 10.3. The largest absolute Gasteiger partial charge is 0.346 e. The Kier molecular flexibility index (Phi) is 10.5. The van der Waals surface area contributed by atoms with Crippen molar-refractivity contribution in [3.8, 4) is 0 Å². The molecule has 37 heavy (non-hydrogen) atoms. The fraction of sp³-hybridized carbons (Fsp3) is 0.966. The van der Waals surface area contributed by atoms with Gasteiger partial charge in [-0.3, -0.25) is 14.5 Å². The molecule has 0 radical (unpaired) electrons. The molecule has 1 amide bonds. The van der Waals surface area contributed by atoms with Gasteiger partial charge in [-0.1, -0.05) is 19.3 Å². The van der Waals surface area contributed by atoms with E-state index in [1.165, 1.54) is 84.0 Å². The first kappa shape index (κ1) is 27.8. The van der Waals surface area contributed by atoms with E-state index in [9.17, 15) is 4.79 Å². The molecule has 0 spiro atoms. The van der Waals surface area contributed by atoms with Crippen molar-refractivity contribution in [2.45, 2.75) is 95.4 Å². The van der Waals surface area contributed by atoms with Crippen LogP contribution in [-0.4, -0.2) is 100.0 Å². The topological polar surface area (TPSA) is 82.5 Å². The molecule has 0 bridgehead atoms. The van der Waals surface area contributed by atoms with E-state index in [-0.39, 0.29) is 0 Å². The molecule has 6 N–H and O–H groups in total. The van der Waals surface area contributed by atoms with Crippen LogP contribution in [0.3, 0.4) is 0 Å². The summed E-state index contributed by atoms with van der Waals surface area (Å²) in [5.41, 5.74) is 3.41. The van der Waals surface area contributed by atoms with E-state index in [4.69, 9.17) is 4.84 Å². The van der Waals surface area contributed by atoms with E-state index < -0.39 is 0 Å². The second-order valence-electron chi connectivity index (χ2n) is 13.2. The van der Waals surface area contributed by atoms with E-state index in [1.54, 1.807) is 4.90 Å². The Morgan fingerprint density at radius 1 is 0.946 bits per heavy atom. The van der Waals surface area contributed by atoms with Crippen LogP contribution in [0.5, 0.6) is 0 Å². The summed E-state index contributed by atoms with van der Waals surface area (Å²) in [6.07, 6.45) is 16.4. The van der Waals surface area contributed by atoms with E-state index in [1.807, 2.05) is 0 Å². The second-order valence-corrected chi connectivity index (χ2v) is 13.2. The van der Waals surface area contributed by atoms with E-state index in [0.29, 0.717) is 36.1 Å². The Hall–Kier alpha value is -0.770. The lowest BCUT2D eigenvalue weighted by atomic mass is 9.79. The molecule has 0 aromatic heterocycles. The molecule has 4 heterocycles. The van der Waals surface area contributed by atoms with Gasteiger partial charge < -0.3 is 20.4 Å². The van der Waals surface area contributed by atoms with Gasteiger partial charge in [-0.25, -0.2) is 0 Å². The van der Waals surface area contributed by atoms with Crippen LogP contribution in [0, 0.1) is 17.8 Å².